The summed E-state index contributed by atoms with van der Waals surface area (Å²) in [5.41, 5.74) is 9.90. The highest BCUT2D eigenvalue weighted by Gasteiger charge is 2.27. The molecule has 2 aliphatic rings. The average molecular weight is 590 g/mol. The maximum Gasteiger partial charge on any atom is 0.0796 e. The van der Waals surface area contributed by atoms with Crippen LogP contribution in [-0.4, -0.2) is 39.4 Å². The second-order valence-electron chi connectivity index (χ2n) is 14.2. The van der Waals surface area contributed by atoms with Crippen molar-refractivity contribution in [3.05, 3.63) is 106 Å². The van der Waals surface area contributed by atoms with E-state index in [-0.39, 0.29) is 12.1 Å². The van der Waals surface area contributed by atoms with Crippen molar-refractivity contribution >= 4 is 38.9 Å². The number of rotatable bonds is 7. The highest BCUT2D eigenvalue weighted by Crippen LogP contribution is 2.39. The highest BCUT2D eigenvalue weighted by atomic mass is 28.3. The lowest BCUT2D eigenvalue weighted by atomic mass is 9.92. The zero-order chi connectivity index (χ0) is 30.2. The van der Waals surface area contributed by atoms with E-state index in [9.17, 15) is 0 Å². The lowest BCUT2D eigenvalue weighted by Gasteiger charge is -2.36. The molecular weight excluding hydrogens is 543 g/mol. The van der Waals surface area contributed by atoms with Crippen LogP contribution < -0.4 is 10.1 Å². The van der Waals surface area contributed by atoms with E-state index in [1.807, 2.05) is 0 Å². The van der Waals surface area contributed by atoms with Crippen LogP contribution in [0.25, 0.3) is 11.3 Å². The van der Waals surface area contributed by atoms with Gasteiger partial charge in [0.15, 0.2) is 0 Å². The van der Waals surface area contributed by atoms with E-state index in [4.69, 9.17) is 9.98 Å². The molecule has 2 unspecified atom stereocenters. The number of hydrogen-bond donors (Lipinski definition) is 0. The first kappa shape index (κ1) is 30.2. The minimum absolute atomic E-state index is 0.187. The molecule has 5 rings (SSSR count). The van der Waals surface area contributed by atoms with Crippen LogP contribution >= 0.6 is 0 Å². The molecule has 0 N–H and O–H groups in total. The molecule has 0 amide bonds. The third-order valence-electron chi connectivity index (χ3n) is 8.54. The molecule has 1 aromatic heterocycles. The van der Waals surface area contributed by atoms with Gasteiger partial charge in [-0.25, -0.2) is 0 Å². The van der Waals surface area contributed by atoms with Crippen LogP contribution in [0.2, 0.25) is 39.3 Å². The fourth-order valence-electron chi connectivity index (χ4n) is 6.20. The summed E-state index contributed by atoms with van der Waals surface area (Å²) >= 11 is 0. The first-order valence-corrected chi connectivity index (χ1v) is 22.4. The van der Waals surface area contributed by atoms with Crippen molar-refractivity contribution in [2.75, 3.05) is 4.90 Å². The molecule has 5 heteroatoms. The molecule has 0 bridgehead atoms. The molecule has 1 aliphatic carbocycles. The number of aryl methyl sites for hydroxylation is 3. The second-order valence-corrected chi connectivity index (χ2v) is 24.3. The van der Waals surface area contributed by atoms with E-state index in [0.717, 1.165) is 24.1 Å². The number of aliphatic imine (C=N–C) groups is 1. The predicted octanol–water partition coefficient (Wildman–Crippen LogP) is 9.26. The third kappa shape index (κ3) is 6.53. The molecule has 1 aliphatic heterocycles. The van der Waals surface area contributed by atoms with Gasteiger partial charge in [-0.3, -0.25) is 9.98 Å². The molecule has 2 atom stereocenters. The van der Waals surface area contributed by atoms with E-state index < -0.39 is 16.1 Å². The number of allylic oxidation sites excluding steroid dienone is 1. The zero-order valence-corrected chi connectivity index (χ0v) is 29.0. The van der Waals surface area contributed by atoms with E-state index in [2.05, 4.69) is 150 Å². The van der Waals surface area contributed by atoms with E-state index in [1.54, 1.807) is 0 Å². The Morgan fingerprint density at radius 1 is 0.833 bits per heavy atom. The van der Waals surface area contributed by atoms with E-state index >= 15 is 0 Å². The van der Waals surface area contributed by atoms with Crippen molar-refractivity contribution < 1.29 is 0 Å². The second kappa shape index (κ2) is 11.8. The Morgan fingerprint density at radius 3 is 2.17 bits per heavy atom. The van der Waals surface area contributed by atoms with Crippen LogP contribution in [0, 0.1) is 20.8 Å². The van der Waals surface area contributed by atoms with E-state index in [0.29, 0.717) is 0 Å². The average Bonchev–Trinajstić information content (AvgIpc) is 2.94. The number of dihydropyridines is 1. The van der Waals surface area contributed by atoms with Crippen molar-refractivity contribution in [2.24, 2.45) is 4.99 Å². The van der Waals surface area contributed by atoms with Crippen molar-refractivity contribution in [1.82, 2.24) is 4.98 Å². The van der Waals surface area contributed by atoms with Gasteiger partial charge in [-0.1, -0.05) is 99.5 Å². The Morgan fingerprint density at radius 2 is 1.57 bits per heavy atom. The fourth-order valence-corrected chi connectivity index (χ4v) is 8.43. The minimum atomic E-state index is -1.40. The van der Waals surface area contributed by atoms with Gasteiger partial charge in [-0.2, -0.15) is 0 Å². The van der Waals surface area contributed by atoms with Gasteiger partial charge < -0.3 is 4.90 Å². The summed E-state index contributed by atoms with van der Waals surface area (Å²) in [4.78, 5) is 12.5. The summed E-state index contributed by atoms with van der Waals surface area (Å²) in [7, 11) is -2.76. The minimum Gasteiger partial charge on any atom is -0.334 e. The molecule has 0 fully saturated rings. The molecule has 2 heterocycles. The lowest BCUT2D eigenvalue weighted by Crippen LogP contribution is -2.37. The van der Waals surface area contributed by atoms with Crippen molar-refractivity contribution in [3.8, 4) is 11.3 Å². The summed E-state index contributed by atoms with van der Waals surface area (Å²) < 4.78 is 0. The number of pyridine rings is 1. The fraction of sp³-hybridized carbons (Fsp3) is 0.351. The quantitative estimate of drug-likeness (QED) is 0.257. The number of aromatic nitrogens is 1. The summed E-state index contributed by atoms with van der Waals surface area (Å²) in [6.07, 6.45) is 15.8. The van der Waals surface area contributed by atoms with Crippen LogP contribution in [0.1, 0.15) is 29.5 Å². The van der Waals surface area contributed by atoms with Gasteiger partial charge in [0.25, 0.3) is 0 Å². The van der Waals surface area contributed by atoms with Gasteiger partial charge in [0, 0.05) is 29.3 Å². The van der Waals surface area contributed by atoms with Gasteiger partial charge >= 0.3 is 0 Å². The van der Waals surface area contributed by atoms with Gasteiger partial charge in [-0.15, -0.1) is 0 Å². The first-order chi connectivity index (χ1) is 19.8. The van der Waals surface area contributed by atoms with Crippen LogP contribution in [0.15, 0.2) is 94.8 Å². The predicted molar refractivity (Wildman–Crippen MR) is 189 cm³/mol. The molecule has 42 heavy (non-hydrogen) atoms. The molecular formula is C37H47N3Si2. The smallest absolute Gasteiger partial charge is 0.0796 e. The summed E-state index contributed by atoms with van der Waals surface area (Å²) in [5.74, 6) is 0. The van der Waals surface area contributed by atoms with Gasteiger partial charge in [0.05, 0.1) is 33.9 Å². The third-order valence-corrected chi connectivity index (χ3v) is 12.6. The Bertz CT molecular complexity index is 1560. The van der Waals surface area contributed by atoms with Crippen LogP contribution in [0.4, 0.5) is 11.4 Å². The molecule has 218 valence electrons. The normalized spacial score (nSPS) is 19.0. The number of anilines is 2. The topological polar surface area (TPSA) is 28.5 Å². The van der Waals surface area contributed by atoms with E-state index in [1.165, 1.54) is 44.0 Å². The van der Waals surface area contributed by atoms with Crippen LogP contribution in [0.3, 0.4) is 0 Å². The molecule has 2 aromatic carbocycles. The summed E-state index contributed by atoms with van der Waals surface area (Å²) in [5, 5.41) is 2.85. The van der Waals surface area contributed by atoms with Crippen molar-refractivity contribution in [2.45, 2.75) is 85.0 Å². The lowest BCUT2D eigenvalue weighted by molar-refractivity contribution is 0.732. The Balaban J connectivity index is 1.55. The Hall–Kier alpha value is -3.29. The zero-order valence-electron chi connectivity index (χ0n) is 27.0. The maximum atomic E-state index is 5.06. The molecule has 0 spiro atoms. The number of nitrogens with zero attached hydrogens (tertiary/aromatic N) is 3. The van der Waals surface area contributed by atoms with Gasteiger partial charge in [0.2, 0.25) is 0 Å². The standard InChI is InChI=1S/C37H47N3Si2/c1-26-20-27(2)37(28(3)21-26)40(31-14-10-12-29(22-31)35-18-16-33(24-38-35)41(4,5)6)32-15-11-13-30(23-32)36-19-17-34(25-39-36)42(7,8)9/h10-14,16-18,20-25,32,36H,15,19H2,1-9H3. The van der Waals surface area contributed by atoms with Gasteiger partial charge in [0.1, 0.15) is 0 Å². The monoisotopic (exact) mass is 589 g/mol. The molecule has 3 nitrogen and oxygen atoms in total. The van der Waals surface area contributed by atoms with Gasteiger partial charge in [-0.05, 0) is 78.9 Å². The first-order valence-electron chi connectivity index (χ1n) is 15.4. The highest BCUT2D eigenvalue weighted by molar-refractivity contribution is 6.88. The SMILES string of the molecule is Cc1cc(C)c(N(c2cccc(-c3ccc([Si](C)(C)C)cn3)c2)C2C=C(C3CC=C([Si](C)(C)C)C=N3)C=CC2)c(C)c1. The van der Waals surface area contributed by atoms with Crippen LogP contribution in [-0.2, 0) is 0 Å². The van der Waals surface area contributed by atoms with Crippen LogP contribution in [0.5, 0.6) is 0 Å². The van der Waals surface area contributed by atoms with Crippen molar-refractivity contribution in [1.29, 1.82) is 0 Å². The molecule has 0 radical (unpaired) electrons. The summed E-state index contributed by atoms with van der Waals surface area (Å²) in [6, 6.07) is 18.4. The maximum absolute atomic E-state index is 5.06. The Labute approximate surface area is 255 Å². The summed E-state index contributed by atoms with van der Waals surface area (Å²) in [6.45, 7) is 21.0. The number of benzene rings is 2. The Kier molecular flexibility index (Phi) is 8.46. The van der Waals surface area contributed by atoms with Crippen molar-refractivity contribution in [3.63, 3.8) is 0 Å². The molecule has 0 saturated carbocycles. The molecule has 0 saturated heterocycles. The number of hydrogen-bond acceptors (Lipinski definition) is 3. The molecule has 3 aromatic rings. The largest absolute Gasteiger partial charge is 0.334 e.